The van der Waals surface area contributed by atoms with E-state index in [0.29, 0.717) is 0 Å². The average Bonchev–Trinajstić information content (AvgIpc) is 3.31. The van der Waals surface area contributed by atoms with E-state index in [1.54, 1.807) is 0 Å². The van der Waals surface area contributed by atoms with E-state index < -0.39 is 0 Å². The van der Waals surface area contributed by atoms with Crippen molar-refractivity contribution in [2.24, 2.45) is 0 Å². The topological polar surface area (TPSA) is 35.7 Å². The molecule has 10 aromatic rings. The zero-order valence-corrected chi connectivity index (χ0v) is 34.9. The Morgan fingerprint density at radius 3 is 0.984 bits per heavy atom. The van der Waals surface area contributed by atoms with Crippen molar-refractivity contribution in [3.05, 3.63) is 242 Å². The summed E-state index contributed by atoms with van der Waals surface area (Å²) in [6, 6.07) is 82.6. The molecule has 0 amide bonds. The molecule has 0 aromatic heterocycles. The summed E-state index contributed by atoms with van der Waals surface area (Å²) in [6.45, 7) is 4.31. The van der Waals surface area contributed by atoms with Crippen molar-refractivity contribution in [3.8, 4) is 11.1 Å². The molecule has 0 heterocycles. The van der Waals surface area contributed by atoms with Crippen molar-refractivity contribution >= 4 is 78.4 Å². The summed E-state index contributed by atoms with van der Waals surface area (Å²) in [7, 11) is 0. The standard InChI is InChI=1S/C58H46N4/c1-41-15-13-21-49(39-41)60(46-17-5-3-6-18-46)55-35-37-57(53-25-11-9-23-51(53)55)62(48-33-29-44(30-34-48)43-27-31-45(59)32-28-43)58-38-36-56(52-24-10-12-26-54(52)58)61(47-19-7-4-8-20-47)50-22-14-16-42(2)40-50/h3-40H,59H2,1-2H3. The lowest BCUT2D eigenvalue weighted by atomic mass is 9.99. The maximum atomic E-state index is 6.08. The number of benzene rings is 10. The molecule has 0 radical (unpaired) electrons. The SMILES string of the molecule is Cc1cccc(N(c2ccccc2)c2ccc(N(c3ccc(-c4ccc(N)cc4)cc3)c3ccc(N(c4ccccc4)c4cccc(C)c4)c4ccccc34)c3ccccc23)c1. The van der Waals surface area contributed by atoms with E-state index in [2.05, 4.69) is 247 Å². The van der Waals surface area contributed by atoms with E-state index >= 15 is 0 Å². The number of nitrogens with two attached hydrogens (primary N) is 1. The largest absolute Gasteiger partial charge is 0.399 e. The molecule has 10 rings (SSSR count). The molecule has 0 spiro atoms. The maximum absolute atomic E-state index is 6.08. The van der Waals surface area contributed by atoms with Crippen molar-refractivity contribution in [2.75, 3.05) is 20.4 Å². The van der Waals surface area contributed by atoms with Gasteiger partial charge in [-0.1, -0.05) is 133 Å². The van der Waals surface area contributed by atoms with Crippen LogP contribution in [0.3, 0.4) is 0 Å². The summed E-state index contributed by atoms with van der Waals surface area (Å²) in [6.07, 6.45) is 0. The first-order valence-corrected chi connectivity index (χ1v) is 21.1. The minimum absolute atomic E-state index is 0.753. The molecule has 0 fully saturated rings. The third kappa shape index (κ3) is 7.29. The van der Waals surface area contributed by atoms with Gasteiger partial charge >= 0.3 is 0 Å². The molecule has 4 heteroatoms. The highest BCUT2D eigenvalue weighted by molar-refractivity contribution is 6.12. The summed E-state index contributed by atoms with van der Waals surface area (Å²) in [4.78, 5) is 7.18. The number of rotatable bonds is 10. The van der Waals surface area contributed by atoms with E-state index in [1.807, 2.05) is 12.1 Å². The summed E-state index contributed by atoms with van der Waals surface area (Å²) in [5.41, 5.74) is 21.4. The number of aryl methyl sites for hydroxylation is 2. The van der Waals surface area contributed by atoms with Gasteiger partial charge in [0.2, 0.25) is 0 Å². The first kappa shape index (κ1) is 38.1. The smallest absolute Gasteiger partial charge is 0.0541 e. The van der Waals surface area contributed by atoms with Gasteiger partial charge < -0.3 is 20.4 Å². The van der Waals surface area contributed by atoms with Gasteiger partial charge in [-0.3, -0.25) is 0 Å². The lowest BCUT2D eigenvalue weighted by molar-refractivity contribution is 1.27. The molecule has 62 heavy (non-hydrogen) atoms. The molecule has 4 nitrogen and oxygen atoms in total. The van der Waals surface area contributed by atoms with Crippen LogP contribution in [-0.2, 0) is 0 Å². The molecule has 0 saturated carbocycles. The number of hydrogen-bond acceptors (Lipinski definition) is 4. The molecular formula is C58H46N4. The lowest BCUT2D eigenvalue weighted by Crippen LogP contribution is -2.15. The van der Waals surface area contributed by atoms with Gasteiger partial charge in [-0.05, 0) is 133 Å². The Kier molecular flexibility index (Phi) is 10.2. The summed E-state index contributed by atoms with van der Waals surface area (Å²) >= 11 is 0. The number of anilines is 10. The minimum Gasteiger partial charge on any atom is -0.399 e. The second-order valence-corrected chi connectivity index (χ2v) is 15.8. The maximum Gasteiger partial charge on any atom is 0.0541 e. The van der Waals surface area contributed by atoms with Crippen molar-refractivity contribution in [1.29, 1.82) is 0 Å². The van der Waals surface area contributed by atoms with Crippen LogP contribution < -0.4 is 20.4 Å². The molecule has 0 aliphatic heterocycles. The van der Waals surface area contributed by atoms with Crippen LogP contribution in [0.2, 0.25) is 0 Å². The third-order valence-electron chi connectivity index (χ3n) is 11.6. The Balaban J connectivity index is 1.20. The van der Waals surface area contributed by atoms with Crippen LogP contribution >= 0.6 is 0 Å². The predicted molar refractivity (Wildman–Crippen MR) is 265 cm³/mol. The van der Waals surface area contributed by atoms with Gasteiger partial charge in [-0.15, -0.1) is 0 Å². The van der Waals surface area contributed by atoms with Gasteiger partial charge in [-0.25, -0.2) is 0 Å². The molecule has 0 bridgehead atoms. The second kappa shape index (κ2) is 16.5. The van der Waals surface area contributed by atoms with E-state index in [0.717, 1.165) is 89.5 Å². The highest BCUT2D eigenvalue weighted by Crippen LogP contribution is 2.49. The quantitative estimate of drug-likeness (QED) is 0.140. The number of nitrogens with zero attached hydrogens (tertiary/aromatic N) is 3. The van der Waals surface area contributed by atoms with Crippen LogP contribution in [0, 0.1) is 13.8 Å². The lowest BCUT2D eigenvalue weighted by Gasteiger charge is -2.32. The zero-order chi connectivity index (χ0) is 42.0. The number of hydrogen-bond donors (Lipinski definition) is 1. The molecule has 298 valence electrons. The normalized spacial score (nSPS) is 11.1. The van der Waals surface area contributed by atoms with Crippen LogP contribution in [0.15, 0.2) is 231 Å². The fraction of sp³-hybridized carbons (Fsp3) is 0.0345. The Labute approximate surface area is 364 Å². The number of fused-ring (bicyclic) bond motifs is 2. The summed E-state index contributed by atoms with van der Waals surface area (Å²) in [5, 5.41) is 4.57. The average molecular weight is 799 g/mol. The molecule has 0 saturated heterocycles. The highest BCUT2D eigenvalue weighted by atomic mass is 15.2. The second-order valence-electron chi connectivity index (χ2n) is 15.8. The minimum atomic E-state index is 0.753. The van der Waals surface area contributed by atoms with Crippen molar-refractivity contribution < 1.29 is 0 Å². The molecule has 2 N–H and O–H groups in total. The number of para-hydroxylation sites is 2. The monoisotopic (exact) mass is 798 g/mol. The Morgan fingerprint density at radius 2 is 0.597 bits per heavy atom. The molecular weight excluding hydrogens is 753 g/mol. The van der Waals surface area contributed by atoms with Crippen LogP contribution in [0.4, 0.5) is 56.9 Å². The van der Waals surface area contributed by atoms with Crippen LogP contribution in [0.5, 0.6) is 0 Å². The third-order valence-corrected chi connectivity index (χ3v) is 11.6. The Hall–Kier alpha value is -8.08. The van der Waals surface area contributed by atoms with E-state index in [1.165, 1.54) is 11.1 Å². The first-order chi connectivity index (χ1) is 30.5. The van der Waals surface area contributed by atoms with E-state index in [4.69, 9.17) is 5.73 Å². The van der Waals surface area contributed by atoms with Crippen molar-refractivity contribution in [3.63, 3.8) is 0 Å². The molecule has 0 aliphatic rings. The van der Waals surface area contributed by atoms with E-state index in [-0.39, 0.29) is 0 Å². The highest BCUT2D eigenvalue weighted by Gasteiger charge is 2.24. The van der Waals surface area contributed by atoms with Gasteiger partial charge in [-0.2, -0.15) is 0 Å². The van der Waals surface area contributed by atoms with Gasteiger partial charge in [0.1, 0.15) is 0 Å². The van der Waals surface area contributed by atoms with E-state index in [9.17, 15) is 0 Å². The van der Waals surface area contributed by atoms with Gasteiger partial charge in [0.05, 0.1) is 22.7 Å². The fourth-order valence-electron chi connectivity index (χ4n) is 8.74. The number of nitrogen functional groups attached to an aromatic ring is 1. The van der Waals surface area contributed by atoms with Crippen molar-refractivity contribution in [2.45, 2.75) is 13.8 Å². The Morgan fingerprint density at radius 1 is 0.274 bits per heavy atom. The first-order valence-electron chi connectivity index (χ1n) is 21.1. The Bertz CT molecular complexity index is 2990. The summed E-state index contributed by atoms with van der Waals surface area (Å²) < 4.78 is 0. The predicted octanol–water partition coefficient (Wildman–Crippen LogP) is 16.3. The van der Waals surface area contributed by atoms with Gasteiger partial charge in [0.25, 0.3) is 0 Å². The fourth-order valence-corrected chi connectivity index (χ4v) is 8.74. The van der Waals surface area contributed by atoms with Gasteiger partial charge in [0.15, 0.2) is 0 Å². The summed E-state index contributed by atoms with van der Waals surface area (Å²) in [5.74, 6) is 0. The molecule has 0 unspecified atom stereocenters. The van der Waals surface area contributed by atoms with Crippen LogP contribution in [0.25, 0.3) is 32.7 Å². The van der Waals surface area contributed by atoms with Crippen molar-refractivity contribution in [1.82, 2.24) is 0 Å². The van der Waals surface area contributed by atoms with Crippen LogP contribution in [-0.4, -0.2) is 0 Å². The molecule has 10 aromatic carbocycles. The molecule has 0 atom stereocenters. The molecule has 0 aliphatic carbocycles. The van der Waals surface area contributed by atoms with Crippen LogP contribution in [0.1, 0.15) is 11.1 Å². The zero-order valence-electron chi connectivity index (χ0n) is 34.9. The van der Waals surface area contributed by atoms with Gasteiger partial charge in [0, 0.05) is 55.7 Å².